The van der Waals surface area contributed by atoms with Crippen molar-refractivity contribution in [1.82, 2.24) is 4.53 Å². The van der Waals surface area contributed by atoms with Crippen LogP contribution in [0.1, 0.15) is 44.3 Å². The zero-order valence-corrected chi connectivity index (χ0v) is 26.5. The Labute approximate surface area is 289 Å². The summed E-state index contributed by atoms with van der Waals surface area (Å²) in [5.74, 6) is -2.12. The van der Waals surface area contributed by atoms with Gasteiger partial charge in [0.15, 0.2) is 12.6 Å². The second-order valence-corrected chi connectivity index (χ2v) is 10.8. The molecule has 4 aromatic carbocycles. The summed E-state index contributed by atoms with van der Waals surface area (Å²) in [6, 6.07) is 23.5. The van der Waals surface area contributed by atoms with Gasteiger partial charge in [0.05, 0.1) is 11.4 Å². The number of ether oxygens (including phenoxy) is 4. The van der Waals surface area contributed by atoms with Crippen LogP contribution in [0.15, 0.2) is 102 Å². The molecule has 6 rings (SSSR count). The van der Waals surface area contributed by atoms with Crippen LogP contribution in [-0.4, -0.2) is 42.2 Å². The summed E-state index contributed by atoms with van der Waals surface area (Å²) < 4.78 is 94.6. The minimum Gasteiger partial charge on any atom is -0.452 e. The highest BCUT2D eigenvalue weighted by molar-refractivity contribution is 6.14. The minimum absolute atomic E-state index is 0.0519. The fraction of sp³-hybridized carbons (Fsp3) is 0.156. The van der Waals surface area contributed by atoms with Gasteiger partial charge in [0.2, 0.25) is 18.0 Å². The summed E-state index contributed by atoms with van der Waals surface area (Å²) in [4.78, 5) is 23.3. The molecular weight excluding hydrogens is 714 g/mol. The maximum absolute atomic E-state index is 12.5. The van der Waals surface area contributed by atoms with Gasteiger partial charge in [0.1, 0.15) is 18.2 Å². The number of carbonyl (C=O) groups excluding carboxylic acids is 2. The van der Waals surface area contributed by atoms with Crippen molar-refractivity contribution in [2.24, 2.45) is 16.6 Å². The third-order valence-electron chi connectivity index (χ3n) is 6.99. The Morgan fingerprint density at radius 3 is 1.75 bits per heavy atom. The molecule has 2 aliphatic rings. The first kappa shape index (κ1) is 36.6. The lowest BCUT2D eigenvalue weighted by Crippen LogP contribution is -2.32. The molecule has 2 heterocycles. The number of rotatable bonds is 8. The molecule has 4 N–H and O–H groups in total. The molecule has 1 fully saturated rings. The number of hydrazine groups is 1. The molecule has 19 heteroatoms. The molecule has 2 aliphatic heterocycles. The molecule has 2 atom stereocenters. The van der Waals surface area contributed by atoms with E-state index in [9.17, 15) is 35.9 Å². The van der Waals surface area contributed by atoms with Crippen molar-refractivity contribution in [3.63, 3.8) is 0 Å². The summed E-state index contributed by atoms with van der Waals surface area (Å²) in [6.45, 7) is -0.0519. The van der Waals surface area contributed by atoms with Crippen molar-refractivity contribution < 1.29 is 54.9 Å². The van der Waals surface area contributed by atoms with Crippen LogP contribution >= 0.6 is 11.8 Å². The van der Waals surface area contributed by atoms with Crippen molar-refractivity contribution in [2.45, 2.75) is 25.2 Å². The van der Waals surface area contributed by atoms with Crippen LogP contribution in [-0.2, 0) is 9.47 Å². The number of halogens is 7. The standard InChI is InChI=1S/C16H13ClF3N3O3.C16H12F3N3O3/c17-22-9-25-15(13-7-2-1-6-12(13)14(21)24)23(22)10-4-3-5-11(8-10)26-16(18,19)20;17-16(18,19)25-11-5-3-4-10(8-11)22-15(24-9-21-22)13-7-2-1-6-12(13)14(20)23/h1-8,15H,9H2,(H2,21,24);1-9,15H,(H2,20,23). The van der Waals surface area contributed by atoms with Gasteiger partial charge in [-0.1, -0.05) is 48.5 Å². The molecule has 1 saturated heterocycles. The van der Waals surface area contributed by atoms with E-state index in [2.05, 4.69) is 14.6 Å². The van der Waals surface area contributed by atoms with Gasteiger partial charge in [-0.15, -0.1) is 36.0 Å². The number of benzene rings is 4. The molecule has 0 aromatic heterocycles. The lowest BCUT2D eigenvalue weighted by molar-refractivity contribution is -0.275. The Balaban J connectivity index is 0.000000198. The van der Waals surface area contributed by atoms with Crippen molar-refractivity contribution in [1.29, 1.82) is 0 Å². The number of nitrogens with zero attached hydrogens (tertiary/aromatic N) is 4. The summed E-state index contributed by atoms with van der Waals surface area (Å²) in [5.41, 5.74) is 12.6. The van der Waals surface area contributed by atoms with Crippen LogP contribution in [0.25, 0.3) is 0 Å². The Hall–Kier alpha value is -5.72. The Kier molecular flexibility index (Phi) is 10.8. The van der Waals surface area contributed by atoms with Crippen LogP contribution < -0.4 is 31.0 Å². The second kappa shape index (κ2) is 15.0. The third-order valence-corrected chi connectivity index (χ3v) is 7.25. The summed E-state index contributed by atoms with van der Waals surface area (Å²) in [6.07, 6.45) is -10.2. The number of anilines is 2. The van der Waals surface area contributed by atoms with Gasteiger partial charge in [-0.25, -0.2) is 5.01 Å². The SMILES string of the molecule is NC(=O)c1ccccc1C1OC=NN1c1cccc(OC(F)(F)F)c1.NC(=O)c1ccccc1C1OCN(Cl)N1c1cccc(OC(F)(F)F)c1. The molecular formula is C32H25ClF6N6O6. The molecule has 4 aromatic rings. The fourth-order valence-corrected chi connectivity index (χ4v) is 5.26. The molecule has 268 valence electrons. The van der Waals surface area contributed by atoms with Gasteiger partial charge in [0.25, 0.3) is 0 Å². The van der Waals surface area contributed by atoms with E-state index in [4.69, 9.17) is 32.7 Å². The summed E-state index contributed by atoms with van der Waals surface area (Å²) in [5, 5.41) is 6.72. The van der Waals surface area contributed by atoms with Gasteiger partial charge >= 0.3 is 12.7 Å². The largest absolute Gasteiger partial charge is 0.573 e. The first-order valence-corrected chi connectivity index (χ1v) is 14.8. The molecule has 2 amide bonds. The van der Waals surface area contributed by atoms with Crippen molar-refractivity contribution in [3.8, 4) is 11.5 Å². The summed E-state index contributed by atoms with van der Waals surface area (Å²) in [7, 11) is 0. The molecule has 0 saturated carbocycles. The maximum Gasteiger partial charge on any atom is 0.573 e. The molecule has 0 aliphatic carbocycles. The predicted molar refractivity (Wildman–Crippen MR) is 170 cm³/mol. The third kappa shape index (κ3) is 9.10. The van der Waals surface area contributed by atoms with Gasteiger partial charge in [-0.2, -0.15) is 0 Å². The zero-order chi connectivity index (χ0) is 36.9. The van der Waals surface area contributed by atoms with Gasteiger partial charge < -0.3 is 30.4 Å². The maximum atomic E-state index is 12.5. The number of hydrogen-bond donors (Lipinski definition) is 2. The Bertz CT molecular complexity index is 1920. The Morgan fingerprint density at radius 1 is 0.725 bits per heavy atom. The highest BCUT2D eigenvalue weighted by Gasteiger charge is 2.37. The lowest BCUT2D eigenvalue weighted by Gasteiger charge is -2.28. The van der Waals surface area contributed by atoms with E-state index in [1.807, 2.05) is 0 Å². The zero-order valence-electron chi connectivity index (χ0n) is 25.7. The molecule has 0 radical (unpaired) electrons. The van der Waals surface area contributed by atoms with E-state index in [-0.39, 0.29) is 23.5 Å². The Morgan fingerprint density at radius 2 is 1.22 bits per heavy atom. The molecule has 51 heavy (non-hydrogen) atoms. The van der Waals surface area contributed by atoms with Gasteiger partial charge in [-0.05, 0) is 36.4 Å². The predicted octanol–water partition coefficient (Wildman–Crippen LogP) is 6.71. The first-order valence-electron chi connectivity index (χ1n) is 14.4. The van der Waals surface area contributed by atoms with E-state index < -0.39 is 48.5 Å². The van der Waals surface area contributed by atoms with Crippen LogP contribution in [0.2, 0.25) is 0 Å². The average molecular weight is 739 g/mol. The van der Waals surface area contributed by atoms with Crippen LogP contribution in [0.3, 0.4) is 0 Å². The van der Waals surface area contributed by atoms with Crippen LogP contribution in [0, 0.1) is 0 Å². The van der Waals surface area contributed by atoms with Crippen molar-refractivity contribution >= 4 is 41.4 Å². The molecule has 12 nitrogen and oxygen atoms in total. The van der Waals surface area contributed by atoms with Gasteiger partial charge in [-0.3, -0.25) is 14.6 Å². The lowest BCUT2D eigenvalue weighted by atomic mass is 10.1. The number of primary amides is 2. The topological polar surface area (TPSA) is 145 Å². The van der Waals surface area contributed by atoms with E-state index in [1.54, 1.807) is 36.4 Å². The van der Waals surface area contributed by atoms with Crippen LogP contribution in [0.4, 0.5) is 37.7 Å². The van der Waals surface area contributed by atoms with Crippen molar-refractivity contribution in [2.75, 3.05) is 16.7 Å². The highest BCUT2D eigenvalue weighted by atomic mass is 35.5. The van der Waals surface area contributed by atoms with E-state index >= 15 is 0 Å². The van der Waals surface area contributed by atoms with E-state index in [0.29, 0.717) is 16.8 Å². The van der Waals surface area contributed by atoms with Gasteiger partial charge in [0, 0.05) is 46.2 Å². The second-order valence-electron chi connectivity index (χ2n) is 10.4. The number of alkyl halides is 6. The molecule has 2 unspecified atom stereocenters. The number of carbonyl (C=O) groups is 2. The smallest absolute Gasteiger partial charge is 0.452 e. The van der Waals surface area contributed by atoms with E-state index in [0.717, 1.165) is 17.0 Å². The number of nitrogens with two attached hydrogens (primary N) is 2. The first-order chi connectivity index (χ1) is 24.1. The minimum atomic E-state index is -4.82. The number of amides is 2. The summed E-state index contributed by atoms with van der Waals surface area (Å²) >= 11 is 6.13. The number of hydrogen-bond acceptors (Lipinski definition) is 10. The number of hydrazone groups is 1. The fourth-order valence-electron chi connectivity index (χ4n) is 5.04. The quantitative estimate of drug-likeness (QED) is 0.149. The normalized spacial score (nSPS) is 17.4. The molecule has 0 spiro atoms. The monoisotopic (exact) mass is 738 g/mol. The highest BCUT2D eigenvalue weighted by Crippen LogP contribution is 2.39. The van der Waals surface area contributed by atoms with E-state index in [1.165, 1.54) is 64.6 Å². The average Bonchev–Trinajstić information content (AvgIpc) is 3.71. The van der Waals surface area contributed by atoms with Crippen LogP contribution in [0.5, 0.6) is 11.5 Å². The van der Waals surface area contributed by atoms with Crippen molar-refractivity contribution in [3.05, 3.63) is 119 Å². The molecule has 0 bridgehead atoms.